The van der Waals surface area contributed by atoms with Crippen LogP contribution >= 0.6 is 11.8 Å². The third kappa shape index (κ3) is 3.01. The van der Waals surface area contributed by atoms with Gasteiger partial charge in [-0.1, -0.05) is 35.1 Å². The van der Waals surface area contributed by atoms with Crippen LogP contribution in [0.3, 0.4) is 0 Å². The predicted molar refractivity (Wildman–Crippen MR) is 85.0 cm³/mol. The lowest BCUT2D eigenvalue weighted by atomic mass is 10.1. The van der Waals surface area contributed by atoms with Crippen molar-refractivity contribution in [3.8, 4) is 11.5 Å². The van der Waals surface area contributed by atoms with Crippen LogP contribution in [0, 0.1) is 6.92 Å². The molecule has 0 radical (unpaired) electrons. The van der Waals surface area contributed by atoms with Gasteiger partial charge in [0, 0.05) is 11.5 Å². The van der Waals surface area contributed by atoms with Gasteiger partial charge < -0.3 is 8.94 Å². The largest absolute Gasteiger partial charge is 0.411 e. The fourth-order valence-electron chi connectivity index (χ4n) is 2.30. The molecule has 0 aliphatic heterocycles. The van der Waals surface area contributed by atoms with Crippen molar-refractivity contribution < 1.29 is 8.94 Å². The topological polar surface area (TPSA) is 77.8 Å². The summed E-state index contributed by atoms with van der Waals surface area (Å²) in [6.07, 6.45) is 2.31. The summed E-state index contributed by atoms with van der Waals surface area (Å²) in [5.41, 5.74) is 2.06. The second-order valence-corrected chi connectivity index (χ2v) is 7.01. The van der Waals surface area contributed by atoms with Crippen LogP contribution in [0.4, 0.5) is 0 Å². The molecule has 118 valence electrons. The van der Waals surface area contributed by atoms with Crippen LogP contribution in [0.15, 0.2) is 38.4 Å². The summed E-state index contributed by atoms with van der Waals surface area (Å²) in [7, 11) is 0. The van der Waals surface area contributed by atoms with Gasteiger partial charge in [0.05, 0.1) is 5.25 Å². The number of nitrogens with zero attached hydrogens (tertiary/aromatic N) is 4. The molecule has 0 N–H and O–H groups in total. The van der Waals surface area contributed by atoms with Gasteiger partial charge in [-0.2, -0.15) is 4.98 Å². The van der Waals surface area contributed by atoms with Crippen LogP contribution in [0.2, 0.25) is 0 Å². The van der Waals surface area contributed by atoms with Crippen LogP contribution in [0.25, 0.3) is 11.5 Å². The van der Waals surface area contributed by atoms with Crippen molar-refractivity contribution in [2.75, 3.05) is 0 Å². The zero-order valence-corrected chi connectivity index (χ0v) is 13.7. The molecule has 23 heavy (non-hydrogen) atoms. The number of hydrogen-bond acceptors (Lipinski definition) is 7. The van der Waals surface area contributed by atoms with Crippen molar-refractivity contribution in [2.24, 2.45) is 0 Å². The van der Waals surface area contributed by atoms with Gasteiger partial charge in [-0.25, -0.2) is 0 Å². The predicted octanol–water partition coefficient (Wildman–Crippen LogP) is 4.16. The van der Waals surface area contributed by atoms with E-state index < -0.39 is 0 Å². The maximum atomic E-state index is 5.76. The quantitative estimate of drug-likeness (QED) is 0.651. The zero-order chi connectivity index (χ0) is 15.8. The number of hydrogen-bond donors (Lipinski definition) is 0. The molecule has 0 spiro atoms. The number of benzene rings is 1. The van der Waals surface area contributed by atoms with Gasteiger partial charge in [0.2, 0.25) is 11.8 Å². The molecule has 1 unspecified atom stereocenters. The Bertz CT molecular complexity index is 825. The SMILES string of the molecule is Cc1ccccc1-c1nnc(SC(C)c2nc(C3CC3)no2)o1. The van der Waals surface area contributed by atoms with Gasteiger partial charge in [0.1, 0.15) is 0 Å². The summed E-state index contributed by atoms with van der Waals surface area (Å²) in [6.45, 7) is 4.01. The monoisotopic (exact) mass is 328 g/mol. The summed E-state index contributed by atoms with van der Waals surface area (Å²) >= 11 is 1.43. The lowest BCUT2D eigenvalue weighted by Crippen LogP contribution is -1.90. The van der Waals surface area contributed by atoms with E-state index in [0.717, 1.165) is 29.8 Å². The minimum Gasteiger partial charge on any atom is -0.411 e. The zero-order valence-electron chi connectivity index (χ0n) is 12.9. The Labute approximate surface area is 137 Å². The second-order valence-electron chi connectivity index (χ2n) is 5.71. The molecule has 2 aromatic heterocycles. The summed E-state index contributed by atoms with van der Waals surface area (Å²) in [6, 6.07) is 7.94. The highest BCUT2D eigenvalue weighted by atomic mass is 32.2. The normalized spacial score (nSPS) is 15.7. The van der Waals surface area contributed by atoms with E-state index in [9.17, 15) is 0 Å². The average molecular weight is 328 g/mol. The average Bonchev–Trinajstić information content (AvgIpc) is 3.10. The highest BCUT2D eigenvalue weighted by Crippen LogP contribution is 2.40. The third-order valence-corrected chi connectivity index (χ3v) is 4.73. The molecule has 3 aromatic rings. The highest BCUT2D eigenvalue weighted by Gasteiger charge is 2.30. The van der Waals surface area contributed by atoms with Crippen molar-refractivity contribution >= 4 is 11.8 Å². The van der Waals surface area contributed by atoms with E-state index in [1.54, 1.807) is 0 Å². The molecule has 1 aliphatic rings. The minimum atomic E-state index is -0.0276. The summed E-state index contributed by atoms with van der Waals surface area (Å²) in [5, 5.41) is 12.8. The molecule has 1 aromatic carbocycles. The number of aryl methyl sites for hydroxylation is 1. The molecule has 1 atom stereocenters. The molecule has 0 amide bonds. The van der Waals surface area contributed by atoms with Gasteiger partial charge in [-0.3, -0.25) is 0 Å². The van der Waals surface area contributed by atoms with Gasteiger partial charge >= 0.3 is 0 Å². The van der Waals surface area contributed by atoms with E-state index in [4.69, 9.17) is 8.94 Å². The molecule has 0 saturated heterocycles. The summed E-state index contributed by atoms with van der Waals surface area (Å²) in [5.74, 6) is 2.44. The molecule has 1 aliphatic carbocycles. The standard InChI is InChI=1S/C16H16N4O2S/c1-9-5-3-4-6-12(9)15-18-19-16(21-15)23-10(2)14-17-13(20-22-14)11-7-8-11/h3-6,10-11H,7-8H2,1-2H3. The lowest BCUT2D eigenvalue weighted by Gasteiger charge is -2.01. The second kappa shape index (κ2) is 5.81. The smallest absolute Gasteiger partial charge is 0.277 e. The third-order valence-electron chi connectivity index (χ3n) is 3.81. The first kappa shape index (κ1) is 14.4. The molecule has 1 saturated carbocycles. The Morgan fingerprint density at radius 1 is 1.22 bits per heavy atom. The highest BCUT2D eigenvalue weighted by molar-refractivity contribution is 7.99. The van der Waals surface area contributed by atoms with Crippen molar-refractivity contribution in [3.05, 3.63) is 41.5 Å². The Morgan fingerprint density at radius 3 is 2.83 bits per heavy atom. The van der Waals surface area contributed by atoms with Crippen molar-refractivity contribution in [1.82, 2.24) is 20.3 Å². The van der Waals surface area contributed by atoms with E-state index >= 15 is 0 Å². The maximum Gasteiger partial charge on any atom is 0.277 e. The van der Waals surface area contributed by atoms with Gasteiger partial charge in [0.25, 0.3) is 5.22 Å². The first-order valence-corrected chi connectivity index (χ1v) is 8.48. The molecule has 7 heteroatoms. The van der Waals surface area contributed by atoms with Crippen molar-refractivity contribution in [1.29, 1.82) is 0 Å². The van der Waals surface area contributed by atoms with Crippen molar-refractivity contribution in [2.45, 2.75) is 43.1 Å². The first-order chi connectivity index (χ1) is 11.2. The van der Waals surface area contributed by atoms with E-state index in [0.29, 0.717) is 22.9 Å². The molecule has 2 heterocycles. The Balaban J connectivity index is 1.49. The van der Waals surface area contributed by atoms with Crippen LogP contribution in [0.1, 0.15) is 48.2 Å². The molecular weight excluding hydrogens is 312 g/mol. The van der Waals surface area contributed by atoms with Crippen LogP contribution < -0.4 is 0 Å². The van der Waals surface area contributed by atoms with Gasteiger partial charge in [-0.15, -0.1) is 10.2 Å². The number of thioether (sulfide) groups is 1. The van der Waals surface area contributed by atoms with Crippen LogP contribution in [-0.2, 0) is 0 Å². The fourth-order valence-corrected chi connectivity index (χ4v) is 3.01. The lowest BCUT2D eigenvalue weighted by molar-refractivity contribution is 0.374. The summed E-state index contributed by atoms with van der Waals surface area (Å²) in [4.78, 5) is 4.46. The van der Waals surface area contributed by atoms with Crippen LogP contribution in [0.5, 0.6) is 0 Å². The first-order valence-electron chi connectivity index (χ1n) is 7.60. The molecule has 0 bridgehead atoms. The Morgan fingerprint density at radius 2 is 2.04 bits per heavy atom. The summed E-state index contributed by atoms with van der Waals surface area (Å²) < 4.78 is 11.1. The van der Waals surface area contributed by atoms with Gasteiger partial charge in [0.15, 0.2) is 5.82 Å². The molecule has 6 nitrogen and oxygen atoms in total. The maximum absolute atomic E-state index is 5.76. The Hall–Kier alpha value is -2.15. The van der Waals surface area contributed by atoms with E-state index in [1.807, 2.05) is 38.1 Å². The number of aromatic nitrogens is 4. The Kier molecular flexibility index (Phi) is 3.65. The fraction of sp³-hybridized carbons (Fsp3) is 0.375. The van der Waals surface area contributed by atoms with Crippen LogP contribution in [-0.4, -0.2) is 20.3 Å². The van der Waals surface area contributed by atoms with E-state index in [2.05, 4.69) is 20.3 Å². The van der Waals surface area contributed by atoms with Gasteiger partial charge in [-0.05, 0) is 38.3 Å². The minimum absolute atomic E-state index is 0.0276. The molecule has 1 fully saturated rings. The van der Waals surface area contributed by atoms with Crippen molar-refractivity contribution in [3.63, 3.8) is 0 Å². The van der Waals surface area contributed by atoms with E-state index in [1.165, 1.54) is 11.8 Å². The molecule has 4 rings (SSSR count). The van der Waals surface area contributed by atoms with E-state index in [-0.39, 0.29) is 5.25 Å². The molecular formula is C16H16N4O2S. The number of rotatable bonds is 5.